The van der Waals surface area contributed by atoms with Crippen molar-refractivity contribution in [2.24, 2.45) is 0 Å². The van der Waals surface area contributed by atoms with E-state index in [1.807, 2.05) is 18.3 Å². The third-order valence-corrected chi connectivity index (χ3v) is 8.29. The Morgan fingerprint density at radius 2 is 1.89 bits per heavy atom. The van der Waals surface area contributed by atoms with Gasteiger partial charge < -0.3 is 0 Å². The van der Waals surface area contributed by atoms with Crippen molar-refractivity contribution in [3.05, 3.63) is 64.4 Å². The summed E-state index contributed by atoms with van der Waals surface area (Å²) in [6.45, 7) is 1.90. The van der Waals surface area contributed by atoms with E-state index in [-0.39, 0.29) is 9.47 Å². The van der Waals surface area contributed by atoms with Gasteiger partial charge in [-0.2, -0.15) is 0 Å². The molecule has 8 heteroatoms. The van der Waals surface area contributed by atoms with Crippen molar-refractivity contribution in [2.75, 3.05) is 0 Å². The third kappa shape index (κ3) is 4.10. The average Bonchev–Trinajstić information content (AvgIpc) is 2.98. The number of nitrogens with zero attached hydrogens (tertiary/aromatic N) is 2. The number of pyridine rings is 1. The van der Waals surface area contributed by atoms with E-state index in [1.54, 1.807) is 48.7 Å². The quantitative estimate of drug-likeness (QED) is 0.382. The van der Waals surface area contributed by atoms with Gasteiger partial charge in [0.2, 0.25) is 0 Å². The van der Waals surface area contributed by atoms with Crippen molar-refractivity contribution in [1.82, 2.24) is 8.96 Å². The molecule has 27 heavy (non-hydrogen) atoms. The molecule has 0 radical (unpaired) electrons. The zero-order chi connectivity index (χ0) is 19.8. The second-order valence-electron chi connectivity index (χ2n) is 6.29. The first-order chi connectivity index (χ1) is 12.7. The topological polar surface area (TPSA) is 69.0 Å². The number of hydrogen-bond donors (Lipinski definition) is 0. The normalized spacial score (nSPS) is 12.3. The number of aryl methyl sites for hydroxylation is 1. The van der Waals surface area contributed by atoms with Crippen LogP contribution in [0.2, 0.25) is 11.4 Å². The van der Waals surface area contributed by atoms with Gasteiger partial charge in [-0.05, 0) is 0 Å². The van der Waals surface area contributed by atoms with Crippen LogP contribution in [0.1, 0.15) is 11.1 Å². The molecule has 2 heterocycles. The molecule has 2 aromatic heterocycles. The molecule has 0 aliphatic heterocycles. The number of hydrogen-bond acceptors (Lipinski definition) is 4. The number of allylic oxidation sites excluding steroid dienone is 1. The van der Waals surface area contributed by atoms with Crippen molar-refractivity contribution in [1.29, 1.82) is 0 Å². The molecule has 140 valence electrons. The van der Waals surface area contributed by atoms with E-state index in [2.05, 4.69) is 20.9 Å². The maximum absolute atomic E-state index is 13.1. The van der Waals surface area contributed by atoms with Crippen molar-refractivity contribution in [2.45, 2.75) is 23.2 Å². The fourth-order valence-corrected chi connectivity index (χ4v) is 4.97. The van der Waals surface area contributed by atoms with Crippen LogP contribution in [0, 0.1) is 6.92 Å². The summed E-state index contributed by atoms with van der Waals surface area (Å²) in [6.07, 6.45) is 6.29. The third-order valence-electron chi connectivity index (χ3n) is 4.03. The summed E-state index contributed by atoms with van der Waals surface area (Å²) >= 11 is 1.88. The van der Waals surface area contributed by atoms with Gasteiger partial charge in [0, 0.05) is 0 Å². The van der Waals surface area contributed by atoms with E-state index < -0.39 is 24.7 Å². The van der Waals surface area contributed by atoms with Crippen molar-refractivity contribution >= 4 is 62.3 Å². The van der Waals surface area contributed by atoms with Crippen LogP contribution in [0.5, 0.6) is 0 Å². The van der Waals surface area contributed by atoms with Gasteiger partial charge in [-0.3, -0.25) is 0 Å². The standard InChI is InChI=1S/C19H18AsBrN2O3S/c1-13-4-7-16(8-5-13)27(25,26)23-12-14(6-9-18(24)20(2)3)17-10-15(21)11-22-19(17)23/h4-12H,1-3H3. The Hall–Kier alpha value is -1.69. The number of benzene rings is 1. The van der Waals surface area contributed by atoms with Gasteiger partial charge in [0.05, 0.1) is 0 Å². The molecule has 0 N–H and O–H groups in total. The molecule has 5 nitrogen and oxygen atoms in total. The molecule has 0 aliphatic rings. The van der Waals surface area contributed by atoms with Crippen LogP contribution in [-0.2, 0) is 14.8 Å². The zero-order valence-corrected chi connectivity index (χ0v) is 19.3. The first-order valence-electron chi connectivity index (χ1n) is 8.08. The minimum absolute atomic E-state index is 0.118. The van der Waals surface area contributed by atoms with Crippen molar-refractivity contribution in [3.63, 3.8) is 0 Å². The number of aromatic nitrogens is 2. The van der Waals surface area contributed by atoms with Crippen LogP contribution >= 0.6 is 15.9 Å². The molecule has 0 bridgehead atoms. The SMILES string of the molecule is Cc1ccc(S(=O)(=O)n2cc(C=CC(=O)[As](C)C)c3cc(Br)cnc32)cc1. The van der Waals surface area contributed by atoms with Gasteiger partial charge in [-0.1, -0.05) is 0 Å². The minimum atomic E-state index is -3.80. The Morgan fingerprint density at radius 1 is 1.22 bits per heavy atom. The predicted octanol–water partition coefficient (Wildman–Crippen LogP) is 4.22. The summed E-state index contributed by atoms with van der Waals surface area (Å²) in [5.74, 6) is 0. The second kappa shape index (κ2) is 7.74. The summed E-state index contributed by atoms with van der Waals surface area (Å²) in [5.41, 5.74) is 5.87. The Morgan fingerprint density at radius 3 is 2.52 bits per heavy atom. The van der Waals surface area contributed by atoms with E-state index in [1.165, 1.54) is 10.2 Å². The molecular weight excluding hydrogens is 491 g/mol. The first-order valence-corrected chi connectivity index (χ1v) is 15.0. The monoisotopic (exact) mass is 508 g/mol. The van der Waals surface area contributed by atoms with Crippen LogP contribution in [0.3, 0.4) is 0 Å². The maximum atomic E-state index is 13.1. The molecule has 0 unspecified atom stereocenters. The molecule has 0 saturated carbocycles. The molecule has 1 aromatic carbocycles. The molecule has 0 saturated heterocycles. The molecular formula is C19H18AsBrN2O3S. The average molecular weight is 509 g/mol. The number of rotatable bonds is 5. The van der Waals surface area contributed by atoms with Gasteiger partial charge in [0.25, 0.3) is 0 Å². The molecule has 3 rings (SSSR count). The van der Waals surface area contributed by atoms with Crippen LogP contribution in [-0.4, -0.2) is 36.6 Å². The number of carbonyl (C=O) groups excluding carboxylic acids is 1. The van der Waals surface area contributed by atoms with E-state index in [0.29, 0.717) is 16.6 Å². The first kappa shape index (κ1) is 20.1. The predicted molar refractivity (Wildman–Crippen MR) is 113 cm³/mol. The van der Waals surface area contributed by atoms with Gasteiger partial charge in [-0.25, -0.2) is 0 Å². The summed E-state index contributed by atoms with van der Waals surface area (Å²) in [5, 5.41) is 0.662. The van der Waals surface area contributed by atoms with Crippen LogP contribution in [0.25, 0.3) is 17.1 Å². The Bertz CT molecular complexity index is 1150. The fraction of sp³-hybridized carbons (Fsp3) is 0.158. The summed E-state index contributed by atoms with van der Waals surface area (Å²) in [7, 11) is -3.80. The van der Waals surface area contributed by atoms with E-state index in [0.717, 1.165) is 10.0 Å². The molecule has 3 aromatic rings. The Labute approximate surface area is 171 Å². The number of fused-ring (bicyclic) bond motifs is 1. The van der Waals surface area contributed by atoms with Gasteiger partial charge in [0.15, 0.2) is 0 Å². The molecule has 0 spiro atoms. The van der Waals surface area contributed by atoms with Gasteiger partial charge in [-0.15, -0.1) is 0 Å². The second-order valence-corrected chi connectivity index (χ2v) is 13.7. The van der Waals surface area contributed by atoms with Crippen LogP contribution in [0.15, 0.2) is 58.2 Å². The van der Waals surface area contributed by atoms with Crippen molar-refractivity contribution < 1.29 is 13.2 Å². The summed E-state index contributed by atoms with van der Waals surface area (Å²) in [6, 6.07) is 8.49. The van der Waals surface area contributed by atoms with Gasteiger partial charge >= 0.3 is 172 Å². The molecule has 0 atom stereocenters. The molecule has 0 amide bonds. The van der Waals surface area contributed by atoms with E-state index in [4.69, 9.17) is 0 Å². The van der Waals surface area contributed by atoms with Crippen LogP contribution in [0.4, 0.5) is 0 Å². The van der Waals surface area contributed by atoms with Crippen LogP contribution < -0.4 is 0 Å². The summed E-state index contributed by atoms with van der Waals surface area (Å²) < 4.78 is 28.3. The van der Waals surface area contributed by atoms with E-state index >= 15 is 0 Å². The van der Waals surface area contributed by atoms with Crippen molar-refractivity contribution in [3.8, 4) is 0 Å². The Kier molecular flexibility index (Phi) is 5.75. The van der Waals surface area contributed by atoms with E-state index in [9.17, 15) is 13.2 Å². The molecule has 0 aliphatic carbocycles. The zero-order valence-electron chi connectivity index (χ0n) is 15.0. The number of halogens is 1. The fourth-order valence-electron chi connectivity index (χ4n) is 2.53. The Balaban J connectivity index is 2.19. The summed E-state index contributed by atoms with van der Waals surface area (Å²) in [4.78, 5) is 16.5. The molecule has 0 fully saturated rings. The van der Waals surface area contributed by atoms with Gasteiger partial charge in [0.1, 0.15) is 0 Å². The number of carbonyl (C=O) groups is 1.